The molecular formula is C20H30O7S. The maximum atomic E-state index is 12.1. The lowest BCUT2D eigenvalue weighted by Crippen LogP contribution is -2.57. The lowest BCUT2D eigenvalue weighted by atomic mass is 9.46. The van der Waals surface area contributed by atoms with Gasteiger partial charge in [-0.15, -0.1) is 0 Å². The third-order valence-electron chi connectivity index (χ3n) is 7.48. The van der Waals surface area contributed by atoms with E-state index >= 15 is 0 Å². The first-order valence-corrected chi connectivity index (χ1v) is 11.2. The third kappa shape index (κ3) is 3.39. The van der Waals surface area contributed by atoms with E-state index in [0.29, 0.717) is 12.8 Å². The summed E-state index contributed by atoms with van der Waals surface area (Å²) in [5.41, 5.74) is -1.47. The number of fused-ring (bicyclic) bond motifs is 1. The average Bonchev–Trinajstić information content (AvgIpc) is 2.99. The fraction of sp³-hybridized carbons (Fsp3) is 0.750. The average molecular weight is 415 g/mol. The molecule has 3 N–H and O–H groups in total. The quantitative estimate of drug-likeness (QED) is 0.365. The summed E-state index contributed by atoms with van der Waals surface area (Å²) in [6.45, 7) is 7.81. The number of Topliss-reactive ketones (excluding diaryl/α,β-unsaturated/α-hetero) is 1. The van der Waals surface area contributed by atoms with Crippen LogP contribution in [0.4, 0.5) is 0 Å². The summed E-state index contributed by atoms with van der Waals surface area (Å²) in [5.74, 6) is -0.381. The summed E-state index contributed by atoms with van der Waals surface area (Å²) < 4.78 is 37.3. The van der Waals surface area contributed by atoms with Crippen molar-refractivity contribution in [3.8, 4) is 0 Å². The summed E-state index contributed by atoms with van der Waals surface area (Å²) in [5, 5.41) is 20.6. The SMILES string of the molecule is C=C1CC[C@@H]2[C@](C)(CO)[C@H](O)CC[C@@]2(C)[C@H]1C/C=C1\C(=O)CO[C@H]1S(=O)(=O)O. The largest absolute Gasteiger partial charge is 0.396 e. The lowest BCUT2D eigenvalue weighted by Gasteiger charge is -2.59. The molecule has 158 valence electrons. The number of carbonyl (C=O) groups excluding carboxylic acids is 1. The molecule has 0 amide bonds. The number of carbonyl (C=O) groups is 1. The molecule has 2 aliphatic carbocycles. The molecule has 1 heterocycles. The minimum absolute atomic E-state index is 0.0208. The molecule has 0 bridgehead atoms. The zero-order valence-corrected chi connectivity index (χ0v) is 17.2. The van der Waals surface area contributed by atoms with Gasteiger partial charge in [-0.3, -0.25) is 9.35 Å². The second-order valence-corrected chi connectivity index (χ2v) is 10.5. The van der Waals surface area contributed by atoms with Gasteiger partial charge in [0.25, 0.3) is 10.1 Å². The van der Waals surface area contributed by atoms with Crippen molar-refractivity contribution in [1.29, 1.82) is 0 Å². The highest BCUT2D eigenvalue weighted by molar-refractivity contribution is 7.86. The standard InChI is InChI=1S/C20H30O7S/c1-12-4-7-16-19(2,9-8-17(23)20(16,3)11-21)14(12)6-5-13-15(22)10-27-18(13)28(24,25)26/h5,14,16-18,21,23H,1,4,6-11H2,2-3H3,(H,24,25,26)/b13-5+/t14-,16-,17+,18-,19-,20-/m0/s1. The highest BCUT2D eigenvalue weighted by Gasteiger charge is 2.57. The van der Waals surface area contributed by atoms with Crippen molar-refractivity contribution in [2.75, 3.05) is 13.2 Å². The predicted octanol–water partition coefficient (Wildman–Crippen LogP) is 1.86. The molecule has 0 spiro atoms. The van der Waals surface area contributed by atoms with Crippen LogP contribution >= 0.6 is 0 Å². The molecule has 1 saturated heterocycles. The zero-order valence-electron chi connectivity index (χ0n) is 16.4. The van der Waals surface area contributed by atoms with E-state index in [1.807, 2.05) is 6.92 Å². The molecule has 0 aromatic rings. The predicted molar refractivity (Wildman–Crippen MR) is 103 cm³/mol. The molecule has 7 nitrogen and oxygen atoms in total. The number of hydrogen-bond acceptors (Lipinski definition) is 6. The maximum absolute atomic E-state index is 12.1. The first-order valence-electron chi connectivity index (χ1n) is 9.73. The molecule has 28 heavy (non-hydrogen) atoms. The minimum Gasteiger partial charge on any atom is -0.396 e. The Balaban J connectivity index is 1.93. The summed E-state index contributed by atoms with van der Waals surface area (Å²) in [7, 11) is -4.52. The molecule has 3 fully saturated rings. The van der Waals surface area contributed by atoms with E-state index in [-0.39, 0.29) is 36.0 Å². The van der Waals surface area contributed by atoms with Gasteiger partial charge in [-0.25, -0.2) is 0 Å². The van der Waals surface area contributed by atoms with Crippen molar-refractivity contribution < 1.29 is 32.7 Å². The number of allylic oxidation sites excluding steroid dienone is 2. The van der Waals surface area contributed by atoms with Crippen LogP contribution in [0.3, 0.4) is 0 Å². The van der Waals surface area contributed by atoms with Crippen molar-refractivity contribution in [2.24, 2.45) is 22.7 Å². The molecule has 6 atom stereocenters. The first kappa shape index (κ1) is 21.6. The van der Waals surface area contributed by atoms with Gasteiger partial charge in [0.2, 0.25) is 5.44 Å². The summed E-state index contributed by atoms with van der Waals surface area (Å²) in [6, 6.07) is 0. The van der Waals surface area contributed by atoms with Gasteiger partial charge in [-0.1, -0.05) is 32.1 Å². The second-order valence-electron chi connectivity index (χ2n) is 9.00. The fourth-order valence-corrected chi connectivity index (χ4v) is 6.58. The number of ketones is 1. The van der Waals surface area contributed by atoms with Gasteiger partial charge >= 0.3 is 0 Å². The summed E-state index contributed by atoms with van der Waals surface area (Å²) in [6.07, 6.45) is 4.30. The van der Waals surface area contributed by atoms with Crippen LogP contribution in [0.5, 0.6) is 0 Å². The van der Waals surface area contributed by atoms with E-state index in [1.165, 1.54) is 0 Å². The second kappa shape index (κ2) is 7.32. The van der Waals surface area contributed by atoms with Gasteiger partial charge in [-0.05, 0) is 49.4 Å². The molecule has 8 heteroatoms. The van der Waals surface area contributed by atoms with Crippen molar-refractivity contribution in [2.45, 2.75) is 57.5 Å². The highest BCUT2D eigenvalue weighted by atomic mass is 32.2. The van der Waals surface area contributed by atoms with E-state index in [9.17, 15) is 28.0 Å². The molecule has 0 aromatic carbocycles. The Morgan fingerprint density at radius 3 is 2.61 bits per heavy atom. The molecule has 1 aliphatic heterocycles. The fourth-order valence-electron chi connectivity index (χ4n) is 5.79. The molecule has 0 aromatic heterocycles. The number of hydrogen-bond donors (Lipinski definition) is 3. The molecule has 2 saturated carbocycles. The molecule has 0 radical (unpaired) electrons. The van der Waals surface area contributed by atoms with Crippen LogP contribution in [0, 0.1) is 22.7 Å². The van der Waals surface area contributed by atoms with E-state index in [1.54, 1.807) is 6.08 Å². The maximum Gasteiger partial charge on any atom is 0.296 e. The van der Waals surface area contributed by atoms with Crippen molar-refractivity contribution >= 4 is 15.9 Å². The summed E-state index contributed by atoms with van der Waals surface area (Å²) >= 11 is 0. The topological polar surface area (TPSA) is 121 Å². The number of rotatable bonds is 4. The van der Waals surface area contributed by atoms with Crippen molar-refractivity contribution in [3.05, 3.63) is 23.8 Å². The van der Waals surface area contributed by atoms with Crippen LogP contribution in [-0.4, -0.2) is 53.7 Å². The molecule has 0 unspecified atom stereocenters. The van der Waals surface area contributed by atoms with Crippen LogP contribution in [-0.2, 0) is 19.6 Å². The normalized spacial score (nSPS) is 43.4. The van der Waals surface area contributed by atoms with Gasteiger partial charge in [0.15, 0.2) is 5.78 Å². The Bertz CT molecular complexity index is 801. The third-order valence-corrected chi connectivity index (χ3v) is 8.41. The van der Waals surface area contributed by atoms with Crippen molar-refractivity contribution in [1.82, 2.24) is 0 Å². The van der Waals surface area contributed by atoms with E-state index in [0.717, 1.165) is 24.8 Å². The van der Waals surface area contributed by atoms with Gasteiger partial charge in [0.05, 0.1) is 12.7 Å². The Labute approximate surface area is 166 Å². The number of ether oxygens (including phenoxy) is 1. The molecular weight excluding hydrogens is 384 g/mol. The Kier molecular flexibility index (Phi) is 5.66. The highest BCUT2D eigenvalue weighted by Crippen LogP contribution is 2.61. The monoisotopic (exact) mass is 414 g/mol. The lowest BCUT2D eigenvalue weighted by molar-refractivity contribution is -0.151. The minimum atomic E-state index is -4.52. The van der Waals surface area contributed by atoms with Crippen LogP contribution in [0.1, 0.15) is 46.0 Å². The Hall–Kier alpha value is -1.06. The van der Waals surface area contributed by atoms with Crippen LogP contribution < -0.4 is 0 Å². The zero-order chi connectivity index (χ0) is 20.9. The van der Waals surface area contributed by atoms with Gasteiger partial charge in [0, 0.05) is 11.0 Å². The van der Waals surface area contributed by atoms with Gasteiger partial charge < -0.3 is 14.9 Å². The van der Waals surface area contributed by atoms with Crippen LogP contribution in [0.15, 0.2) is 23.8 Å². The van der Waals surface area contributed by atoms with Crippen molar-refractivity contribution in [3.63, 3.8) is 0 Å². The Morgan fingerprint density at radius 1 is 1.32 bits per heavy atom. The van der Waals surface area contributed by atoms with Crippen LogP contribution in [0.2, 0.25) is 0 Å². The molecule has 3 aliphatic rings. The van der Waals surface area contributed by atoms with Crippen LogP contribution in [0.25, 0.3) is 0 Å². The summed E-state index contributed by atoms with van der Waals surface area (Å²) in [4.78, 5) is 12.1. The molecule has 3 rings (SSSR count). The van der Waals surface area contributed by atoms with Gasteiger partial charge in [0.1, 0.15) is 6.61 Å². The first-order chi connectivity index (χ1) is 12.9. The number of aliphatic hydroxyl groups excluding tert-OH is 2. The number of aliphatic hydroxyl groups is 2. The van der Waals surface area contributed by atoms with E-state index in [4.69, 9.17) is 4.74 Å². The Morgan fingerprint density at radius 2 is 2.00 bits per heavy atom. The van der Waals surface area contributed by atoms with E-state index < -0.39 is 32.9 Å². The van der Waals surface area contributed by atoms with E-state index in [2.05, 4.69) is 13.5 Å². The smallest absolute Gasteiger partial charge is 0.296 e. The van der Waals surface area contributed by atoms with Gasteiger partial charge in [-0.2, -0.15) is 8.42 Å².